The van der Waals surface area contributed by atoms with Crippen LogP contribution in [0, 0.1) is 6.92 Å². The van der Waals surface area contributed by atoms with E-state index in [0.717, 1.165) is 39.0 Å². The second-order valence-corrected chi connectivity index (χ2v) is 13.0. The summed E-state index contributed by atoms with van der Waals surface area (Å²) in [4.78, 5) is 29.2. The van der Waals surface area contributed by atoms with Crippen LogP contribution in [0.3, 0.4) is 0 Å². The molecule has 3 aromatic carbocycles. The standard InChI is InChI=1S/C30H35BrClN3O4S/c1-4-5-16-33-30(37)28(18-23-10-7-6-8-11-23)34(20-24-12-9-13-25(31)17-24)29(36)21-35(40(3,38)39)27-19-26(32)15-14-22(27)2/h6-15,17,19,28H,4-5,16,18,20-21H2,1-3H3,(H,33,37)/t28-/m0/s1. The fraction of sp³-hybridized carbons (Fsp3) is 0.333. The van der Waals surface area contributed by atoms with Gasteiger partial charge in [0.05, 0.1) is 11.9 Å². The third-order valence-electron chi connectivity index (χ3n) is 6.46. The van der Waals surface area contributed by atoms with E-state index in [1.54, 1.807) is 19.1 Å². The molecule has 3 aromatic rings. The Labute approximate surface area is 250 Å². The van der Waals surface area contributed by atoms with Crippen molar-refractivity contribution in [2.24, 2.45) is 0 Å². The highest BCUT2D eigenvalue weighted by molar-refractivity contribution is 9.10. The second kappa shape index (κ2) is 14.7. The molecule has 3 rings (SSSR count). The lowest BCUT2D eigenvalue weighted by molar-refractivity contribution is -0.140. The summed E-state index contributed by atoms with van der Waals surface area (Å²) in [5, 5.41) is 3.33. The van der Waals surface area contributed by atoms with Crippen LogP contribution in [0.1, 0.15) is 36.5 Å². The van der Waals surface area contributed by atoms with Gasteiger partial charge in [-0.05, 0) is 54.3 Å². The Morgan fingerprint density at radius 2 is 1.70 bits per heavy atom. The van der Waals surface area contributed by atoms with Crippen molar-refractivity contribution in [2.75, 3.05) is 23.7 Å². The number of benzene rings is 3. The van der Waals surface area contributed by atoms with Crippen LogP contribution in [-0.2, 0) is 32.6 Å². The van der Waals surface area contributed by atoms with Gasteiger partial charge in [0, 0.05) is 29.0 Å². The Bertz CT molecular complexity index is 1420. The minimum absolute atomic E-state index is 0.114. The smallest absolute Gasteiger partial charge is 0.244 e. The average Bonchev–Trinajstić information content (AvgIpc) is 2.90. The van der Waals surface area contributed by atoms with Crippen LogP contribution in [0.2, 0.25) is 5.02 Å². The summed E-state index contributed by atoms with van der Waals surface area (Å²) in [6.07, 6.45) is 3.04. The number of hydrogen-bond donors (Lipinski definition) is 1. The molecule has 40 heavy (non-hydrogen) atoms. The Kier molecular flexibility index (Phi) is 11.6. The van der Waals surface area contributed by atoms with E-state index in [9.17, 15) is 18.0 Å². The molecule has 214 valence electrons. The molecule has 0 saturated carbocycles. The van der Waals surface area contributed by atoms with Gasteiger partial charge in [0.1, 0.15) is 12.6 Å². The summed E-state index contributed by atoms with van der Waals surface area (Å²) in [5.74, 6) is -0.790. The number of aryl methyl sites for hydroxylation is 1. The highest BCUT2D eigenvalue weighted by Crippen LogP contribution is 2.27. The van der Waals surface area contributed by atoms with Crippen molar-refractivity contribution in [3.63, 3.8) is 0 Å². The van der Waals surface area contributed by atoms with E-state index in [1.807, 2.05) is 61.5 Å². The summed E-state index contributed by atoms with van der Waals surface area (Å²) < 4.78 is 27.8. The largest absolute Gasteiger partial charge is 0.354 e. The molecule has 0 spiro atoms. The van der Waals surface area contributed by atoms with Crippen LogP contribution in [0.5, 0.6) is 0 Å². The molecular formula is C30H35BrClN3O4S. The van der Waals surface area contributed by atoms with E-state index in [1.165, 1.54) is 11.0 Å². The third kappa shape index (κ3) is 9.08. The SMILES string of the molecule is CCCCNC(=O)[C@H](Cc1ccccc1)N(Cc1cccc(Br)c1)C(=O)CN(c1cc(Cl)ccc1C)S(C)(=O)=O. The van der Waals surface area contributed by atoms with E-state index in [-0.39, 0.29) is 18.9 Å². The highest BCUT2D eigenvalue weighted by atomic mass is 79.9. The van der Waals surface area contributed by atoms with E-state index < -0.39 is 28.5 Å². The number of hydrogen-bond acceptors (Lipinski definition) is 4. The van der Waals surface area contributed by atoms with Crippen molar-refractivity contribution < 1.29 is 18.0 Å². The molecule has 0 bridgehead atoms. The lowest BCUT2D eigenvalue weighted by Gasteiger charge is -2.34. The number of amides is 2. The van der Waals surface area contributed by atoms with Gasteiger partial charge in [-0.1, -0.05) is 89.4 Å². The van der Waals surface area contributed by atoms with Gasteiger partial charge in [-0.25, -0.2) is 8.42 Å². The topological polar surface area (TPSA) is 86.8 Å². The van der Waals surface area contributed by atoms with Crippen molar-refractivity contribution in [2.45, 2.75) is 45.7 Å². The number of carbonyl (C=O) groups excluding carboxylic acids is 2. The molecule has 0 aliphatic heterocycles. The van der Waals surface area contributed by atoms with Gasteiger partial charge in [-0.3, -0.25) is 13.9 Å². The van der Waals surface area contributed by atoms with Crippen LogP contribution in [0.25, 0.3) is 0 Å². The third-order valence-corrected chi connectivity index (χ3v) is 8.32. The number of sulfonamides is 1. The van der Waals surface area contributed by atoms with E-state index in [2.05, 4.69) is 21.2 Å². The van der Waals surface area contributed by atoms with E-state index in [0.29, 0.717) is 22.8 Å². The molecule has 1 atom stereocenters. The maximum absolute atomic E-state index is 14.1. The quantitative estimate of drug-likeness (QED) is 0.240. The molecule has 0 fully saturated rings. The lowest BCUT2D eigenvalue weighted by Crippen LogP contribution is -2.53. The van der Waals surface area contributed by atoms with Gasteiger partial charge in [0.15, 0.2) is 0 Å². The molecule has 0 aromatic heterocycles. The monoisotopic (exact) mass is 647 g/mol. The van der Waals surface area contributed by atoms with Crippen LogP contribution >= 0.6 is 27.5 Å². The maximum atomic E-state index is 14.1. The second-order valence-electron chi connectivity index (χ2n) is 9.70. The summed E-state index contributed by atoms with van der Waals surface area (Å²) >= 11 is 9.68. The number of rotatable bonds is 13. The average molecular weight is 649 g/mol. The van der Waals surface area contributed by atoms with E-state index in [4.69, 9.17) is 11.6 Å². The summed E-state index contributed by atoms with van der Waals surface area (Å²) in [6.45, 7) is 3.91. The fourth-order valence-corrected chi connectivity index (χ4v) is 5.85. The van der Waals surface area contributed by atoms with Gasteiger partial charge < -0.3 is 10.2 Å². The van der Waals surface area contributed by atoms with Gasteiger partial charge in [-0.2, -0.15) is 0 Å². The first kappa shape index (κ1) is 31.6. The number of halogens is 2. The number of nitrogens with zero attached hydrogens (tertiary/aromatic N) is 2. The summed E-state index contributed by atoms with van der Waals surface area (Å²) in [6, 6.07) is 21.0. The lowest BCUT2D eigenvalue weighted by atomic mass is 10.0. The van der Waals surface area contributed by atoms with Crippen LogP contribution in [-0.4, -0.2) is 50.5 Å². The van der Waals surface area contributed by atoms with Gasteiger partial charge in [0.25, 0.3) is 0 Å². The maximum Gasteiger partial charge on any atom is 0.244 e. The van der Waals surface area contributed by atoms with E-state index >= 15 is 0 Å². The molecule has 0 aliphatic carbocycles. The highest BCUT2D eigenvalue weighted by Gasteiger charge is 2.33. The Balaban J connectivity index is 2.06. The Hall–Kier alpha value is -2.88. The predicted molar refractivity (Wildman–Crippen MR) is 165 cm³/mol. The number of anilines is 1. The Morgan fingerprint density at radius 3 is 2.35 bits per heavy atom. The van der Waals surface area contributed by atoms with Crippen molar-refractivity contribution >= 4 is 55.1 Å². The minimum Gasteiger partial charge on any atom is -0.354 e. The first-order chi connectivity index (χ1) is 19.0. The van der Waals surface area contributed by atoms with Gasteiger partial charge >= 0.3 is 0 Å². The first-order valence-electron chi connectivity index (χ1n) is 13.1. The molecule has 7 nitrogen and oxygen atoms in total. The van der Waals surface area contributed by atoms with Crippen LogP contribution in [0.4, 0.5) is 5.69 Å². The molecule has 0 heterocycles. The first-order valence-corrected chi connectivity index (χ1v) is 16.1. The Morgan fingerprint density at radius 1 is 1.00 bits per heavy atom. The van der Waals surface area contributed by atoms with Crippen molar-refractivity contribution in [1.29, 1.82) is 0 Å². The molecular weight excluding hydrogens is 614 g/mol. The normalized spacial score (nSPS) is 12.0. The molecule has 0 saturated heterocycles. The summed E-state index contributed by atoms with van der Waals surface area (Å²) in [5.41, 5.74) is 2.65. The zero-order chi connectivity index (χ0) is 29.3. The predicted octanol–water partition coefficient (Wildman–Crippen LogP) is 5.73. The number of nitrogens with one attached hydrogen (secondary N) is 1. The zero-order valence-corrected chi connectivity index (χ0v) is 26.1. The molecule has 2 amide bonds. The molecule has 0 radical (unpaired) electrons. The van der Waals surface area contributed by atoms with Crippen molar-refractivity contribution in [3.8, 4) is 0 Å². The number of carbonyl (C=O) groups is 2. The molecule has 10 heteroatoms. The van der Waals surface area contributed by atoms with Crippen molar-refractivity contribution in [1.82, 2.24) is 10.2 Å². The minimum atomic E-state index is -3.87. The van der Waals surface area contributed by atoms with Gasteiger partial charge in [0.2, 0.25) is 21.8 Å². The fourth-order valence-electron chi connectivity index (χ4n) is 4.34. The summed E-state index contributed by atoms with van der Waals surface area (Å²) in [7, 11) is -3.87. The zero-order valence-electron chi connectivity index (χ0n) is 22.9. The molecule has 0 aliphatic rings. The molecule has 0 unspecified atom stereocenters. The van der Waals surface area contributed by atoms with Gasteiger partial charge in [-0.15, -0.1) is 0 Å². The van der Waals surface area contributed by atoms with Crippen LogP contribution in [0.15, 0.2) is 77.3 Å². The van der Waals surface area contributed by atoms with Crippen molar-refractivity contribution in [3.05, 3.63) is 99.0 Å². The number of unbranched alkanes of at least 4 members (excludes halogenated alkanes) is 1. The molecule has 1 N–H and O–H groups in total. The van der Waals surface area contributed by atoms with Crippen LogP contribution < -0.4 is 9.62 Å².